The van der Waals surface area contributed by atoms with E-state index in [2.05, 4.69) is 10.4 Å². The maximum absolute atomic E-state index is 11.8. The average Bonchev–Trinajstić information content (AvgIpc) is 3.05. The molecule has 0 saturated carbocycles. The number of carbonyl (C=O) groups excluding carboxylic acids is 1. The largest absolute Gasteiger partial charge is 0.480 e. The molecule has 1 aromatic rings. The quantitative estimate of drug-likeness (QED) is 0.807. The molecule has 1 aliphatic rings. The molecule has 1 aromatic heterocycles. The lowest BCUT2D eigenvalue weighted by Gasteiger charge is -2.09. The van der Waals surface area contributed by atoms with Crippen molar-refractivity contribution in [2.45, 2.75) is 31.9 Å². The van der Waals surface area contributed by atoms with Crippen molar-refractivity contribution >= 4 is 11.9 Å². The van der Waals surface area contributed by atoms with E-state index in [9.17, 15) is 9.59 Å². The maximum atomic E-state index is 11.8. The Morgan fingerprint density at radius 2 is 2.47 bits per heavy atom. The van der Waals surface area contributed by atoms with Crippen molar-refractivity contribution in [2.24, 2.45) is 0 Å². The summed E-state index contributed by atoms with van der Waals surface area (Å²) in [7, 11) is 0. The second-order valence-electron chi connectivity index (χ2n) is 4.54. The highest BCUT2D eigenvalue weighted by atomic mass is 16.5. The zero-order chi connectivity index (χ0) is 13.8. The molecule has 0 radical (unpaired) electrons. The summed E-state index contributed by atoms with van der Waals surface area (Å²) in [6.07, 6.45) is 3.53. The van der Waals surface area contributed by atoms with Crippen molar-refractivity contribution in [3.63, 3.8) is 0 Å². The van der Waals surface area contributed by atoms with Gasteiger partial charge in [0.2, 0.25) is 0 Å². The molecular formula is C12H17N3O4. The molecule has 2 atom stereocenters. The fourth-order valence-electron chi connectivity index (χ4n) is 1.89. The molecule has 7 nitrogen and oxygen atoms in total. The van der Waals surface area contributed by atoms with Gasteiger partial charge in [0, 0.05) is 19.3 Å². The molecule has 0 bridgehead atoms. The summed E-state index contributed by atoms with van der Waals surface area (Å²) in [6.45, 7) is 2.70. The standard InChI is InChI=1S/C12H17N3O4/c1-8(12(17)18)15-5-4-10(14-15)11(16)13-7-9-3-2-6-19-9/h4-5,8-9H,2-3,6-7H2,1H3,(H,13,16)(H,17,18). The van der Waals surface area contributed by atoms with Crippen molar-refractivity contribution in [2.75, 3.05) is 13.2 Å². The summed E-state index contributed by atoms with van der Waals surface area (Å²) in [4.78, 5) is 22.6. The molecule has 2 N–H and O–H groups in total. The Bertz CT molecular complexity index is 465. The molecule has 1 fully saturated rings. The Balaban J connectivity index is 1.90. The molecule has 0 aliphatic carbocycles. The van der Waals surface area contributed by atoms with Crippen LogP contribution in [0.15, 0.2) is 12.3 Å². The summed E-state index contributed by atoms with van der Waals surface area (Å²) in [6, 6.07) is 0.712. The lowest BCUT2D eigenvalue weighted by atomic mass is 10.2. The van der Waals surface area contributed by atoms with Crippen LogP contribution in [0.3, 0.4) is 0 Å². The highest BCUT2D eigenvalue weighted by molar-refractivity contribution is 5.92. The van der Waals surface area contributed by atoms with E-state index >= 15 is 0 Å². The average molecular weight is 267 g/mol. The predicted octanol–water partition coefficient (Wildman–Crippen LogP) is 0.437. The number of hydrogen-bond acceptors (Lipinski definition) is 4. The van der Waals surface area contributed by atoms with Crippen molar-refractivity contribution in [3.05, 3.63) is 18.0 Å². The van der Waals surface area contributed by atoms with Gasteiger partial charge in [-0.1, -0.05) is 0 Å². The molecule has 1 aliphatic heterocycles. The molecule has 1 amide bonds. The highest BCUT2D eigenvalue weighted by Gasteiger charge is 2.19. The Morgan fingerprint density at radius 1 is 1.68 bits per heavy atom. The lowest BCUT2D eigenvalue weighted by molar-refractivity contribution is -0.140. The third kappa shape index (κ3) is 3.31. The first-order valence-electron chi connectivity index (χ1n) is 6.25. The van der Waals surface area contributed by atoms with Gasteiger partial charge in [-0.2, -0.15) is 5.10 Å². The van der Waals surface area contributed by atoms with Crippen LogP contribution in [0, 0.1) is 0 Å². The second kappa shape index (κ2) is 5.83. The van der Waals surface area contributed by atoms with Gasteiger partial charge in [-0.3, -0.25) is 9.48 Å². The molecule has 0 aromatic carbocycles. The van der Waals surface area contributed by atoms with Crippen LogP contribution in [-0.2, 0) is 9.53 Å². The van der Waals surface area contributed by atoms with Gasteiger partial charge >= 0.3 is 5.97 Å². The number of amides is 1. The number of carboxylic acid groups (broad SMARTS) is 1. The van der Waals surface area contributed by atoms with Gasteiger partial charge in [-0.15, -0.1) is 0 Å². The minimum absolute atomic E-state index is 0.0731. The highest BCUT2D eigenvalue weighted by Crippen LogP contribution is 2.11. The minimum Gasteiger partial charge on any atom is -0.480 e. The Kier molecular flexibility index (Phi) is 4.16. The number of carboxylic acids is 1. The van der Waals surface area contributed by atoms with E-state index in [0.717, 1.165) is 19.4 Å². The fraction of sp³-hybridized carbons (Fsp3) is 0.583. The number of carbonyl (C=O) groups is 2. The number of aromatic nitrogens is 2. The monoisotopic (exact) mass is 267 g/mol. The number of hydrogen-bond donors (Lipinski definition) is 2. The summed E-state index contributed by atoms with van der Waals surface area (Å²) in [5.41, 5.74) is 0.214. The summed E-state index contributed by atoms with van der Waals surface area (Å²) in [5, 5.41) is 15.5. The van der Waals surface area contributed by atoms with Crippen LogP contribution in [0.5, 0.6) is 0 Å². The van der Waals surface area contributed by atoms with E-state index in [-0.39, 0.29) is 17.7 Å². The van der Waals surface area contributed by atoms with Crippen molar-refractivity contribution in [1.82, 2.24) is 15.1 Å². The van der Waals surface area contributed by atoms with E-state index in [1.165, 1.54) is 23.9 Å². The van der Waals surface area contributed by atoms with Crippen molar-refractivity contribution in [3.8, 4) is 0 Å². The van der Waals surface area contributed by atoms with Crippen LogP contribution in [0.2, 0.25) is 0 Å². The third-order valence-electron chi connectivity index (χ3n) is 3.11. The fourth-order valence-corrected chi connectivity index (χ4v) is 1.89. The van der Waals surface area contributed by atoms with E-state index in [1.54, 1.807) is 0 Å². The van der Waals surface area contributed by atoms with E-state index in [1.807, 2.05) is 0 Å². The van der Waals surface area contributed by atoms with Gasteiger partial charge in [0.05, 0.1) is 6.10 Å². The maximum Gasteiger partial charge on any atom is 0.328 e. The van der Waals surface area contributed by atoms with Gasteiger partial charge in [-0.05, 0) is 25.8 Å². The van der Waals surface area contributed by atoms with Crippen LogP contribution in [-0.4, -0.2) is 46.0 Å². The van der Waals surface area contributed by atoms with E-state index < -0.39 is 12.0 Å². The second-order valence-corrected chi connectivity index (χ2v) is 4.54. The Hall–Kier alpha value is -1.89. The first-order valence-corrected chi connectivity index (χ1v) is 6.25. The van der Waals surface area contributed by atoms with Crippen molar-refractivity contribution < 1.29 is 19.4 Å². The summed E-state index contributed by atoms with van der Waals surface area (Å²) < 4.78 is 6.65. The van der Waals surface area contributed by atoms with E-state index in [4.69, 9.17) is 9.84 Å². The molecule has 104 valence electrons. The van der Waals surface area contributed by atoms with Crippen LogP contribution < -0.4 is 5.32 Å². The van der Waals surface area contributed by atoms with Gasteiger partial charge in [-0.25, -0.2) is 4.79 Å². The molecule has 7 heteroatoms. The van der Waals surface area contributed by atoms with Crippen LogP contribution in [0.4, 0.5) is 0 Å². The lowest BCUT2D eigenvalue weighted by Crippen LogP contribution is -2.32. The van der Waals surface area contributed by atoms with Crippen LogP contribution >= 0.6 is 0 Å². The topological polar surface area (TPSA) is 93.5 Å². The SMILES string of the molecule is CC(C(=O)O)n1ccc(C(=O)NCC2CCCO2)n1. The molecule has 0 spiro atoms. The molecule has 1 saturated heterocycles. The number of nitrogens with one attached hydrogen (secondary N) is 1. The van der Waals surface area contributed by atoms with Gasteiger partial charge in [0.1, 0.15) is 11.7 Å². The summed E-state index contributed by atoms with van der Waals surface area (Å²) in [5.74, 6) is -1.30. The molecule has 2 rings (SSSR count). The predicted molar refractivity (Wildman–Crippen MR) is 65.9 cm³/mol. The zero-order valence-corrected chi connectivity index (χ0v) is 10.7. The summed E-state index contributed by atoms with van der Waals surface area (Å²) >= 11 is 0. The van der Waals surface area contributed by atoms with Gasteiger partial charge < -0.3 is 15.2 Å². The minimum atomic E-state index is -0.991. The Labute approximate surface area is 110 Å². The molecule has 2 unspecified atom stereocenters. The zero-order valence-electron chi connectivity index (χ0n) is 10.7. The number of rotatable bonds is 5. The van der Waals surface area contributed by atoms with Gasteiger partial charge in [0.15, 0.2) is 0 Å². The van der Waals surface area contributed by atoms with Crippen LogP contribution in [0.1, 0.15) is 36.3 Å². The molecule has 2 heterocycles. The van der Waals surface area contributed by atoms with Crippen LogP contribution in [0.25, 0.3) is 0 Å². The normalized spacial score (nSPS) is 20.2. The number of ether oxygens (including phenoxy) is 1. The number of aliphatic carboxylic acids is 1. The third-order valence-corrected chi connectivity index (χ3v) is 3.11. The first-order chi connectivity index (χ1) is 9.08. The molecule has 19 heavy (non-hydrogen) atoms. The Morgan fingerprint density at radius 3 is 3.11 bits per heavy atom. The number of nitrogens with zero attached hydrogens (tertiary/aromatic N) is 2. The van der Waals surface area contributed by atoms with Gasteiger partial charge in [0.25, 0.3) is 5.91 Å². The molecular weight excluding hydrogens is 250 g/mol. The smallest absolute Gasteiger partial charge is 0.328 e. The van der Waals surface area contributed by atoms with Crippen molar-refractivity contribution in [1.29, 1.82) is 0 Å². The van der Waals surface area contributed by atoms with E-state index in [0.29, 0.717) is 6.54 Å². The first kappa shape index (κ1) is 13.5.